The summed E-state index contributed by atoms with van der Waals surface area (Å²) in [6, 6.07) is 5.86. The van der Waals surface area contributed by atoms with Crippen LogP contribution in [0.3, 0.4) is 0 Å². The second-order valence-corrected chi connectivity index (χ2v) is 7.62. The molecule has 0 radical (unpaired) electrons. The molecular weight excluding hydrogens is 415 g/mol. The highest BCUT2D eigenvalue weighted by Gasteiger charge is 2.29. The van der Waals surface area contributed by atoms with Crippen LogP contribution in [-0.4, -0.2) is 63.8 Å². The number of likely N-dealkylation sites (tertiary alicyclic amines) is 1. The minimum Gasteiger partial charge on any atom is -0.466 e. The molecule has 170 valence electrons. The Morgan fingerprint density at radius 1 is 1.22 bits per heavy atom. The number of aromatic nitrogens is 2. The van der Waals surface area contributed by atoms with E-state index >= 15 is 0 Å². The molecule has 1 aromatic carbocycles. The van der Waals surface area contributed by atoms with Crippen molar-refractivity contribution in [1.82, 2.24) is 19.8 Å². The Balaban J connectivity index is 1.66. The highest BCUT2D eigenvalue weighted by atomic mass is 19.1. The van der Waals surface area contributed by atoms with Crippen LogP contribution in [0.4, 0.5) is 4.39 Å². The maximum atomic E-state index is 13.3. The molecule has 1 atom stereocenters. The fraction of sp³-hybridized carbons (Fsp3) is 0.435. The molecular formula is C23H27FN4O4. The summed E-state index contributed by atoms with van der Waals surface area (Å²) in [6.07, 6.45) is 5.80. The lowest BCUT2D eigenvalue weighted by atomic mass is 9.98. The van der Waals surface area contributed by atoms with Crippen molar-refractivity contribution in [3.8, 4) is 0 Å². The monoisotopic (exact) mass is 442 g/mol. The van der Waals surface area contributed by atoms with Gasteiger partial charge in [-0.05, 0) is 37.5 Å². The fourth-order valence-electron chi connectivity index (χ4n) is 3.68. The van der Waals surface area contributed by atoms with Crippen molar-refractivity contribution in [2.24, 2.45) is 5.92 Å². The Bertz CT molecular complexity index is 923. The zero-order chi connectivity index (χ0) is 22.9. The molecule has 0 N–H and O–H groups in total. The Kier molecular flexibility index (Phi) is 8.24. The predicted molar refractivity (Wildman–Crippen MR) is 114 cm³/mol. The lowest BCUT2D eigenvalue weighted by molar-refractivity contribution is -0.151. The van der Waals surface area contributed by atoms with Crippen molar-refractivity contribution in [2.75, 3.05) is 26.2 Å². The first-order valence-electron chi connectivity index (χ1n) is 10.7. The third-order valence-corrected chi connectivity index (χ3v) is 5.35. The molecule has 1 saturated heterocycles. The Morgan fingerprint density at radius 3 is 2.69 bits per heavy atom. The molecule has 0 spiro atoms. The second kappa shape index (κ2) is 11.3. The van der Waals surface area contributed by atoms with Gasteiger partial charge >= 0.3 is 5.97 Å². The van der Waals surface area contributed by atoms with Gasteiger partial charge in [-0.15, -0.1) is 0 Å². The van der Waals surface area contributed by atoms with Crippen LogP contribution in [0.5, 0.6) is 0 Å². The summed E-state index contributed by atoms with van der Waals surface area (Å²) in [5, 5.41) is 0. The second-order valence-electron chi connectivity index (χ2n) is 7.62. The maximum absolute atomic E-state index is 13.3. The van der Waals surface area contributed by atoms with Gasteiger partial charge in [0.15, 0.2) is 0 Å². The summed E-state index contributed by atoms with van der Waals surface area (Å²) >= 11 is 0. The molecule has 1 aromatic heterocycles. The number of halogens is 1. The van der Waals surface area contributed by atoms with E-state index in [4.69, 9.17) is 4.74 Å². The average molecular weight is 442 g/mol. The van der Waals surface area contributed by atoms with E-state index < -0.39 is 0 Å². The van der Waals surface area contributed by atoms with E-state index in [-0.39, 0.29) is 54.7 Å². The molecule has 2 amide bonds. The van der Waals surface area contributed by atoms with E-state index in [1.54, 1.807) is 24.0 Å². The van der Waals surface area contributed by atoms with Crippen molar-refractivity contribution in [1.29, 1.82) is 0 Å². The summed E-state index contributed by atoms with van der Waals surface area (Å²) in [5.41, 5.74) is 0.902. The lowest BCUT2D eigenvalue weighted by Gasteiger charge is -2.32. The molecule has 0 bridgehead atoms. The van der Waals surface area contributed by atoms with Gasteiger partial charge in [0.1, 0.15) is 11.5 Å². The van der Waals surface area contributed by atoms with Gasteiger partial charge in [0.05, 0.1) is 18.7 Å². The number of carbonyl (C=O) groups is 3. The highest BCUT2D eigenvalue weighted by molar-refractivity contribution is 5.92. The molecule has 2 heterocycles. The Hall–Kier alpha value is -3.36. The molecule has 3 rings (SSSR count). The van der Waals surface area contributed by atoms with Crippen molar-refractivity contribution in [3.63, 3.8) is 0 Å². The van der Waals surface area contributed by atoms with Crippen LogP contribution in [-0.2, 0) is 20.9 Å². The SMILES string of the molecule is CCOC(=O)C1CCCN(C(=O)CCN(Cc2ccc(F)cc2)C(=O)c2cnccn2)C1. The van der Waals surface area contributed by atoms with Crippen LogP contribution in [0, 0.1) is 11.7 Å². The van der Waals surface area contributed by atoms with Gasteiger partial charge in [-0.1, -0.05) is 12.1 Å². The number of ether oxygens (including phenoxy) is 1. The molecule has 8 nitrogen and oxygen atoms in total. The van der Waals surface area contributed by atoms with E-state index in [1.807, 2.05) is 0 Å². The average Bonchev–Trinajstić information content (AvgIpc) is 2.83. The highest BCUT2D eigenvalue weighted by Crippen LogP contribution is 2.19. The van der Waals surface area contributed by atoms with Gasteiger partial charge in [0, 0.05) is 45.0 Å². The minimum atomic E-state index is -0.364. The van der Waals surface area contributed by atoms with Crippen molar-refractivity contribution >= 4 is 17.8 Å². The fourth-order valence-corrected chi connectivity index (χ4v) is 3.68. The quantitative estimate of drug-likeness (QED) is 0.583. The van der Waals surface area contributed by atoms with Crippen LogP contribution in [0.15, 0.2) is 42.9 Å². The molecule has 2 aromatic rings. The summed E-state index contributed by atoms with van der Waals surface area (Å²) in [7, 11) is 0. The summed E-state index contributed by atoms with van der Waals surface area (Å²) in [6.45, 7) is 3.33. The molecule has 1 aliphatic rings. The van der Waals surface area contributed by atoms with Gasteiger partial charge in [0.25, 0.3) is 5.91 Å². The first-order chi connectivity index (χ1) is 15.5. The number of hydrogen-bond donors (Lipinski definition) is 0. The number of benzene rings is 1. The molecule has 1 aliphatic heterocycles. The third-order valence-electron chi connectivity index (χ3n) is 5.35. The molecule has 9 heteroatoms. The molecule has 0 aliphatic carbocycles. The van der Waals surface area contributed by atoms with Crippen molar-refractivity contribution in [3.05, 3.63) is 59.9 Å². The number of piperidine rings is 1. The van der Waals surface area contributed by atoms with Gasteiger partial charge in [-0.25, -0.2) is 9.37 Å². The van der Waals surface area contributed by atoms with Gasteiger partial charge < -0.3 is 14.5 Å². The topological polar surface area (TPSA) is 92.7 Å². The van der Waals surface area contributed by atoms with Gasteiger partial charge in [-0.2, -0.15) is 0 Å². The van der Waals surface area contributed by atoms with Crippen LogP contribution >= 0.6 is 0 Å². The first kappa shape index (κ1) is 23.3. The number of nitrogens with zero attached hydrogens (tertiary/aromatic N) is 4. The molecule has 1 fully saturated rings. The maximum Gasteiger partial charge on any atom is 0.310 e. The van der Waals surface area contributed by atoms with E-state index in [2.05, 4.69) is 9.97 Å². The van der Waals surface area contributed by atoms with Gasteiger partial charge in [-0.3, -0.25) is 19.4 Å². The van der Waals surface area contributed by atoms with Crippen LogP contribution in [0.1, 0.15) is 42.2 Å². The third kappa shape index (κ3) is 6.32. The zero-order valence-electron chi connectivity index (χ0n) is 18.1. The summed E-state index contributed by atoms with van der Waals surface area (Å²) in [4.78, 5) is 49.0. The zero-order valence-corrected chi connectivity index (χ0v) is 18.1. The van der Waals surface area contributed by atoms with E-state index in [0.29, 0.717) is 26.1 Å². The largest absolute Gasteiger partial charge is 0.466 e. The molecule has 1 unspecified atom stereocenters. The summed E-state index contributed by atoms with van der Waals surface area (Å²) in [5.74, 6) is -1.45. The Morgan fingerprint density at radius 2 is 2.00 bits per heavy atom. The minimum absolute atomic E-state index is 0.0999. The van der Waals surface area contributed by atoms with E-state index in [9.17, 15) is 18.8 Å². The smallest absolute Gasteiger partial charge is 0.310 e. The van der Waals surface area contributed by atoms with Crippen LogP contribution < -0.4 is 0 Å². The molecule has 0 saturated carbocycles. The normalized spacial score (nSPS) is 15.8. The Labute approximate surface area is 186 Å². The van der Waals surface area contributed by atoms with Crippen LogP contribution in [0.2, 0.25) is 0 Å². The predicted octanol–water partition coefficient (Wildman–Crippen LogP) is 2.45. The van der Waals surface area contributed by atoms with E-state index in [1.165, 1.54) is 35.6 Å². The number of amides is 2. The first-order valence-corrected chi connectivity index (χ1v) is 10.7. The number of esters is 1. The van der Waals surface area contributed by atoms with Crippen LogP contribution in [0.25, 0.3) is 0 Å². The number of carbonyl (C=O) groups excluding carboxylic acids is 3. The van der Waals surface area contributed by atoms with Gasteiger partial charge in [0.2, 0.25) is 5.91 Å². The standard InChI is InChI=1S/C23H27FN4O4/c1-2-32-23(31)18-4-3-12-27(16-18)21(29)9-13-28(15-17-5-7-19(24)8-6-17)22(30)20-14-25-10-11-26-20/h5-8,10-11,14,18H,2-4,9,12-13,15-16H2,1H3. The number of hydrogen-bond acceptors (Lipinski definition) is 6. The van der Waals surface area contributed by atoms with E-state index in [0.717, 1.165) is 12.0 Å². The van der Waals surface area contributed by atoms with Crippen molar-refractivity contribution < 1.29 is 23.5 Å². The van der Waals surface area contributed by atoms with Crippen molar-refractivity contribution in [2.45, 2.75) is 32.7 Å². The summed E-state index contributed by atoms with van der Waals surface area (Å²) < 4.78 is 18.4. The number of rotatable bonds is 8. The molecule has 32 heavy (non-hydrogen) atoms. The lowest BCUT2D eigenvalue weighted by Crippen LogP contribution is -2.44.